The number of hydrogen-bond donors (Lipinski definition) is 1. The molecule has 2 atom stereocenters. The van der Waals surface area contributed by atoms with Crippen LogP contribution in [0.3, 0.4) is 0 Å². The number of rotatable bonds is 2. The molecule has 0 bridgehead atoms. The number of carbonyl (C=O) groups is 1. The molecule has 112 valence electrons. The molecule has 0 radical (unpaired) electrons. The Morgan fingerprint density at radius 2 is 1.95 bits per heavy atom. The highest BCUT2D eigenvalue weighted by atomic mass is 16.7. The maximum Gasteiger partial charge on any atom is 0.408 e. The van der Waals surface area contributed by atoms with Crippen LogP contribution in [0.25, 0.3) is 0 Å². The van der Waals surface area contributed by atoms with Gasteiger partial charge in [0.2, 0.25) is 0 Å². The molecule has 5 nitrogen and oxygen atoms in total. The third-order valence-corrected chi connectivity index (χ3v) is 2.79. The zero-order valence-electron chi connectivity index (χ0n) is 13.1. The first-order valence-electron chi connectivity index (χ1n) is 6.81. The molecule has 0 aliphatic carbocycles. The van der Waals surface area contributed by atoms with E-state index in [9.17, 15) is 4.79 Å². The van der Waals surface area contributed by atoms with Crippen molar-refractivity contribution in [2.75, 3.05) is 6.61 Å². The van der Waals surface area contributed by atoms with Crippen LogP contribution in [0.15, 0.2) is 0 Å². The monoisotopic (exact) mass is 273 g/mol. The van der Waals surface area contributed by atoms with Crippen LogP contribution in [0.1, 0.15) is 48.5 Å². The number of alkyl carbamates (subject to hydrolysis) is 1. The lowest BCUT2D eigenvalue weighted by atomic mass is 9.98. The zero-order chi connectivity index (χ0) is 14.8. The average Bonchev–Trinajstić information content (AvgIpc) is 2.17. The van der Waals surface area contributed by atoms with Gasteiger partial charge in [-0.3, -0.25) is 0 Å². The number of carbonyl (C=O) groups excluding carboxylic acids is 1. The summed E-state index contributed by atoms with van der Waals surface area (Å²) in [5.74, 6) is -0.329. The smallest absolute Gasteiger partial charge is 0.408 e. The van der Waals surface area contributed by atoms with E-state index >= 15 is 0 Å². The summed E-state index contributed by atoms with van der Waals surface area (Å²) in [4.78, 5) is 11.8. The van der Waals surface area contributed by atoms with Crippen molar-refractivity contribution in [1.29, 1.82) is 0 Å². The summed E-state index contributed by atoms with van der Waals surface area (Å²) in [6.45, 7) is 13.8. The fraction of sp³-hybridized carbons (Fsp3) is 0.929. The Balaban J connectivity index is 2.63. The fourth-order valence-corrected chi connectivity index (χ4v) is 2.01. The highest BCUT2D eigenvalue weighted by molar-refractivity contribution is 5.68. The Morgan fingerprint density at radius 3 is 2.42 bits per heavy atom. The van der Waals surface area contributed by atoms with Crippen molar-refractivity contribution in [3.05, 3.63) is 0 Å². The van der Waals surface area contributed by atoms with Gasteiger partial charge in [0, 0.05) is 0 Å². The van der Waals surface area contributed by atoms with Crippen molar-refractivity contribution in [2.24, 2.45) is 5.92 Å². The second-order valence-corrected chi connectivity index (χ2v) is 6.79. The second-order valence-electron chi connectivity index (χ2n) is 6.79. The van der Waals surface area contributed by atoms with Crippen molar-refractivity contribution in [2.45, 2.75) is 72.0 Å². The topological polar surface area (TPSA) is 56.8 Å². The molecule has 1 rings (SSSR count). The maximum absolute atomic E-state index is 11.8. The first-order valence-corrected chi connectivity index (χ1v) is 6.81. The summed E-state index contributed by atoms with van der Waals surface area (Å²) in [5, 5.41) is 2.83. The van der Waals surface area contributed by atoms with E-state index < -0.39 is 17.5 Å². The molecule has 1 amide bonds. The molecular weight excluding hydrogens is 246 g/mol. The van der Waals surface area contributed by atoms with E-state index in [1.165, 1.54) is 0 Å². The molecular formula is C14H27NO4. The van der Waals surface area contributed by atoms with E-state index in [-0.39, 0.29) is 18.1 Å². The van der Waals surface area contributed by atoms with Gasteiger partial charge in [0.1, 0.15) is 5.60 Å². The molecule has 0 spiro atoms. The number of ether oxygens (including phenoxy) is 3. The number of nitrogens with one attached hydrogen (secondary N) is 1. The van der Waals surface area contributed by atoms with E-state index in [0.29, 0.717) is 6.61 Å². The quantitative estimate of drug-likeness (QED) is 0.840. The summed E-state index contributed by atoms with van der Waals surface area (Å²) in [6.07, 6.45) is -0.522. The molecule has 1 heterocycles. The molecule has 1 aliphatic heterocycles. The fourth-order valence-electron chi connectivity index (χ4n) is 2.01. The Bertz CT molecular complexity index is 320. The Kier molecular flexibility index (Phi) is 4.85. The van der Waals surface area contributed by atoms with E-state index in [0.717, 1.165) is 0 Å². The standard InChI is InChI=1S/C14H27NO4/c1-9(2)11-10(8-17-14(6,7)18-11)15-12(16)19-13(3,4)5/h9-11H,8H2,1-7H3,(H,15,16)/t10-,11+/m1/s1. The van der Waals surface area contributed by atoms with E-state index in [2.05, 4.69) is 19.2 Å². The van der Waals surface area contributed by atoms with Crippen molar-refractivity contribution in [3.63, 3.8) is 0 Å². The van der Waals surface area contributed by atoms with Gasteiger partial charge in [0.25, 0.3) is 0 Å². The minimum absolute atomic E-state index is 0.0868. The van der Waals surface area contributed by atoms with Crippen LogP contribution in [-0.4, -0.2) is 36.2 Å². The first-order chi connectivity index (χ1) is 8.50. The summed E-state index contributed by atoms with van der Waals surface area (Å²) in [7, 11) is 0. The normalized spacial score (nSPS) is 27.2. The first kappa shape index (κ1) is 16.2. The van der Waals surface area contributed by atoms with Gasteiger partial charge < -0.3 is 19.5 Å². The van der Waals surface area contributed by atoms with Gasteiger partial charge in [-0.05, 0) is 40.5 Å². The van der Waals surface area contributed by atoms with Crippen molar-refractivity contribution in [1.82, 2.24) is 5.32 Å². The largest absolute Gasteiger partial charge is 0.444 e. The van der Waals surface area contributed by atoms with Crippen LogP contribution < -0.4 is 5.32 Å². The lowest BCUT2D eigenvalue weighted by Gasteiger charge is -2.43. The van der Waals surface area contributed by atoms with E-state index in [4.69, 9.17) is 14.2 Å². The van der Waals surface area contributed by atoms with Crippen molar-refractivity contribution >= 4 is 6.09 Å². The van der Waals surface area contributed by atoms with E-state index in [1.54, 1.807) is 0 Å². The molecule has 0 unspecified atom stereocenters. The molecule has 1 fully saturated rings. The molecule has 0 aromatic heterocycles. The van der Waals surface area contributed by atoms with Crippen LogP contribution in [0, 0.1) is 5.92 Å². The SMILES string of the molecule is CC(C)[C@@H]1OC(C)(C)OC[C@H]1NC(=O)OC(C)(C)C. The van der Waals surface area contributed by atoms with E-state index in [1.807, 2.05) is 34.6 Å². The molecule has 0 saturated carbocycles. The van der Waals surface area contributed by atoms with Gasteiger partial charge in [-0.15, -0.1) is 0 Å². The third kappa shape index (κ3) is 5.37. The van der Waals surface area contributed by atoms with Crippen LogP contribution in [-0.2, 0) is 14.2 Å². The van der Waals surface area contributed by atoms with Gasteiger partial charge in [-0.25, -0.2) is 4.79 Å². The lowest BCUT2D eigenvalue weighted by molar-refractivity contribution is -0.289. The minimum atomic E-state index is -0.610. The van der Waals surface area contributed by atoms with Gasteiger partial charge in [0.05, 0.1) is 18.8 Å². The van der Waals surface area contributed by atoms with Crippen LogP contribution in [0.2, 0.25) is 0 Å². The lowest BCUT2D eigenvalue weighted by Crippen LogP contribution is -2.58. The maximum atomic E-state index is 11.8. The molecule has 1 N–H and O–H groups in total. The molecule has 5 heteroatoms. The van der Waals surface area contributed by atoms with Gasteiger partial charge in [-0.2, -0.15) is 0 Å². The molecule has 0 aromatic rings. The van der Waals surface area contributed by atoms with Gasteiger partial charge in [-0.1, -0.05) is 13.8 Å². The average molecular weight is 273 g/mol. The van der Waals surface area contributed by atoms with Crippen LogP contribution in [0.5, 0.6) is 0 Å². The number of amides is 1. The molecule has 19 heavy (non-hydrogen) atoms. The highest BCUT2D eigenvalue weighted by Crippen LogP contribution is 2.26. The minimum Gasteiger partial charge on any atom is -0.444 e. The Hall–Kier alpha value is -0.810. The molecule has 1 aliphatic rings. The van der Waals surface area contributed by atoms with Gasteiger partial charge >= 0.3 is 6.09 Å². The van der Waals surface area contributed by atoms with Gasteiger partial charge in [0.15, 0.2) is 5.79 Å². The summed E-state index contributed by atoms with van der Waals surface area (Å²) < 4.78 is 16.7. The third-order valence-electron chi connectivity index (χ3n) is 2.79. The van der Waals surface area contributed by atoms with Crippen LogP contribution in [0.4, 0.5) is 4.79 Å². The predicted molar refractivity (Wildman–Crippen MR) is 72.9 cm³/mol. The zero-order valence-corrected chi connectivity index (χ0v) is 13.1. The second kappa shape index (κ2) is 5.67. The Labute approximate surface area is 116 Å². The summed E-state index contributed by atoms with van der Waals surface area (Å²) in [5.41, 5.74) is -0.507. The highest BCUT2D eigenvalue weighted by Gasteiger charge is 2.39. The Morgan fingerprint density at radius 1 is 1.37 bits per heavy atom. The van der Waals surface area contributed by atoms with Crippen LogP contribution >= 0.6 is 0 Å². The predicted octanol–water partition coefficient (Wildman–Crippen LogP) is 2.69. The number of hydrogen-bond acceptors (Lipinski definition) is 4. The summed E-state index contributed by atoms with van der Waals surface area (Å²) >= 11 is 0. The summed E-state index contributed by atoms with van der Waals surface area (Å²) in [6, 6.07) is -0.192. The van der Waals surface area contributed by atoms with Crippen molar-refractivity contribution < 1.29 is 19.0 Å². The van der Waals surface area contributed by atoms with Crippen molar-refractivity contribution in [3.8, 4) is 0 Å². The molecule has 1 saturated heterocycles. The molecule has 0 aromatic carbocycles.